The van der Waals surface area contributed by atoms with Gasteiger partial charge in [0, 0.05) is 27.7 Å². The molecule has 0 saturated heterocycles. The normalized spacial score (nSPS) is 13.1. The van der Waals surface area contributed by atoms with Gasteiger partial charge in [0.15, 0.2) is 0 Å². The van der Waals surface area contributed by atoms with Crippen LogP contribution < -0.4 is 0 Å². The van der Waals surface area contributed by atoms with Crippen LogP contribution in [0.5, 0.6) is 0 Å². The molecule has 2 nitrogen and oxygen atoms in total. The summed E-state index contributed by atoms with van der Waals surface area (Å²) < 4.78 is 2.54. The molecule has 2 heteroatoms. The van der Waals surface area contributed by atoms with Gasteiger partial charge in [-0.05, 0) is 63.2 Å². The van der Waals surface area contributed by atoms with Gasteiger partial charge < -0.3 is 4.40 Å². The molecule has 172 valence electrons. The molecule has 7 rings (SSSR count). The summed E-state index contributed by atoms with van der Waals surface area (Å²) in [5.74, 6) is 0.439. The lowest BCUT2D eigenvalue weighted by Crippen LogP contribution is -2.08. The highest BCUT2D eigenvalue weighted by Crippen LogP contribution is 2.43. The third-order valence-electron chi connectivity index (χ3n) is 7.58. The smallest absolute Gasteiger partial charge is 0.0822 e. The zero-order valence-corrected chi connectivity index (χ0v) is 21.1. The van der Waals surface area contributed by atoms with Crippen molar-refractivity contribution in [2.45, 2.75) is 47.0 Å². The van der Waals surface area contributed by atoms with Crippen molar-refractivity contribution in [3.8, 4) is 0 Å². The summed E-state index contributed by atoms with van der Waals surface area (Å²) >= 11 is 0. The fourth-order valence-corrected chi connectivity index (χ4v) is 6.18. The zero-order valence-electron chi connectivity index (χ0n) is 21.1. The Kier molecular flexibility index (Phi) is 4.11. The summed E-state index contributed by atoms with van der Waals surface area (Å²) in [7, 11) is 0. The van der Waals surface area contributed by atoms with Gasteiger partial charge >= 0.3 is 0 Å². The van der Waals surface area contributed by atoms with Crippen molar-refractivity contribution in [3.63, 3.8) is 0 Å². The molecule has 0 aliphatic carbocycles. The molecular formula is C33H30N2. The zero-order chi connectivity index (χ0) is 24.1. The van der Waals surface area contributed by atoms with E-state index >= 15 is 0 Å². The Bertz CT molecular complexity index is 1930. The van der Waals surface area contributed by atoms with Gasteiger partial charge in [-0.15, -0.1) is 0 Å². The van der Waals surface area contributed by atoms with Crippen molar-refractivity contribution in [1.29, 1.82) is 0 Å². The van der Waals surface area contributed by atoms with E-state index in [1.54, 1.807) is 0 Å². The maximum Gasteiger partial charge on any atom is 0.0822 e. The predicted molar refractivity (Wildman–Crippen MR) is 151 cm³/mol. The first-order valence-electron chi connectivity index (χ1n) is 12.7. The molecule has 4 aromatic carbocycles. The Morgan fingerprint density at radius 1 is 0.771 bits per heavy atom. The number of pyridine rings is 2. The molecule has 0 spiro atoms. The first-order valence-corrected chi connectivity index (χ1v) is 12.7. The Morgan fingerprint density at radius 3 is 2.37 bits per heavy atom. The fourth-order valence-electron chi connectivity index (χ4n) is 6.18. The molecule has 0 radical (unpaired) electrons. The van der Waals surface area contributed by atoms with Gasteiger partial charge in [-0.1, -0.05) is 83.1 Å². The number of hydrogen-bond acceptors (Lipinski definition) is 1. The largest absolute Gasteiger partial charge is 0.308 e. The highest BCUT2D eigenvalue weighted by atomic mass is 14.9. The Hall–Kier alpha value is -3.65. The molecule has 0 bridgehead atoms. The topological polar surface area (TPSA) is 17.3 Å². The van der Waals surface area contributed by atoms with Crippen LogP contribution in [0.25, 0.3) is 59.8 Å². The molecule has 0 unspecified atom stereocenters. The lowest BCUT2D eigenvalue weighted by Gasteiger charge is -2.19. The maximum atomic E-state index is 4.96. The van der Waals surface area contributed by atoms with E-state index in [0.29, 0.717) is 5.92 Å². The minimum Gasteiger partial charge on any atom is -0.308 e. The maximum absolute atomic E-state index is 4.96. The van der Waals surface area contributed by atoms with E-state index in [1.807, 2.05) is 6.20 Å². The second-order valence-corrected chi connectivity index (χ2v) is 11.7. The van der Waals surface area contributed by atoms with Gasteiger partial charge in [0.05, 0.1) is 22.1 Å². The molecule has 0 aliphatic rings. The number of benzene rings is 4. The summed E-state index contributed by atoms with van der Waals surface area (Å²) in [5, 5.41) is 8.97. The van der Waals surface area contributed by atoms with Crippen molar-refractivity contribution in [3.05, 3.63) is 84.1 Å². The van der Waals surface area contributed by atoms with E-state index in [1.165, 1.54) is 65.4 Å². The lowest BCUT2D eigenvalue weighted by molar-refractivity contribution is 0.411. The molecular weight excluding hydrogens is 424 g/mol. The molecule has 0 fully saturated rings. The number of para-hydroxylation sites is 1. The predicted octanol–water partition coefficient (Wildman–Crippen LogP) is 9.25. The van der Waals surface area contributed by atoms with E-state index in [2.05, 4.69) is 106 Å². The van der Waals surface area contributed by atoms with E-state index in [9.17, 15) is 0 Å². The first kappa shape index (κ1) is 20.7. The molecule has 0 saturated carbocycles. The van der Waals surface area contributed by atoms with Crippen LogP contribution in [-0.2, 0) is 6.42 Å². The highest BCUT2D eigenvalue weighted by Gasteiger charge is 2.21. The third kappa shape index (κ3) is 2.92. The van der Waals surface area contributed by atoms with Crippen molar-refractivity contribution in [2.75, 3.05) is 0 Å². The van der Waals surface area contributed by atoms with Crippen molar-refractivity contribution in [1.82, 2.24) is 9.38 Å². The van der Waals surface area contributed by atoms with E-state index in [0.717, 1.165) is 11.9 Å². The minimum atomic E-state index is 0.261. The van der Waals surface area contributed by atoms with Crippen LogP contribution in [0.1, 0.15) is 51.7 Å². The van der Waals surface area contributed by atoms with Crippen LogP contribution in [0, 0.1) is 5.41 Å². The number of nitrogens with zero attached hydrogens (tertiary/aromatic N) is 2. The standard InChI is InChI=1S/C33H30N2/c1-19(2)24-7-6-8-25-26-12-11-21-13-14-34-30-27-16-23-15-20(18-33(3,4)5)9-10-22(23)17-28(27)35(31(24)25)32(26)29(21)30/h6-17,19H,18H2,1-5H3. The number of aromatic nitrogens is 2. The second kappa shape index (κ2) is 6.95. The van der Waals surface area contributed by atoms with Gasteiger partial charge in [0.2, 0.25) is 0 Å². The Labute approximate surface area is 205 Å². The van der Waals surface area contributed by atoms with Crippen LogP contribution in [-0.4, -0.2) is 9.38 Å². The van der Waals surface area contributed by atoms with Gasteiger partial charge in [0.25, 0.3) is 0 Å². The summed E-state index contributed by atoms with van der Waals surface area (Å²) in [6.07, 6.45) is 3.03. The molecule has 0 N–H and O–H groups in total. The van der Waals surface area contributed by atoms with Crippen LogP contribution >= 0.6 is 0 Å². The molecule has 0 amide bonds. The SMILES string of the molecule is CC(C)c1cccc2c3ccc4ccnc5c6cc7cc(CC(C)(C)C)ccc7cc6n(c12)c3c45. The highest BCUT2D eigenvalue weighted by molar-refractivity contribution is 6.28. The van der Waals surface area contributed by atoms with E-state index in [-0.39, 0.29) is 5.41 Å². The molecule has 3 aromatic heterocycles. The van der Waals surface area contributed by atoms with Crippen molar-refractivity contribution in [2.24, 2.45) is 5.41 Å². The molecule has 35 heavy (non-hydrogen) atoms. The minimum absolute atomic E-state index is 0.261. The van der Waals surface area contributed by atoms with Crippen LogP contribution in [0.3, 0.4) is 0 Å². The molecule has 0 atom stereocenters. The van der Waals surface area contributed by atoms with Crippen LogP contribution in [0.4, 0.5) is 0 Å². The van der Waals surface area contributed by atoms with Gasteiger partial charge in [-0.2, -0.15) is 0 Å². The third-order valence-corrected chi connectivity index (χ3v) is 7.58. The fraction of sp³-hybridized carbons (Fsp3) is 0.242. The van der Waals surface area contributed by atoms with E-state index in [4.69, 9.17) is 4.98 Å². The molecule has 3 heterocycles. The second-order valence-electron chi connectivity index (χ2n) is 11.7. The molecule has 0 aliphatic heterocycles. The quantitative estimate of drug-likeness (QED) is 0.188. The first-order chi connectivity index (χ1) is 16.8. The van der Waals surface area contributed by atoms with Crippen molar-refractivity contribution >= 4 is 59.8 Å². The summed E-state index contributed by atoms with van der Waals surface area (Å²) in [5.41, 5.74) is 8.03. The summed E-state index contributed by atoms with van der Waals surface area (Å²) in [6, 6.07) is 25.3. The average molecular weight is 455 g/mol. The summed E-state index contributed by atoms with van der Waals surface area (Å²) in [4.78, 5) is 4.96. The van der Waals surface area contributed by atoms with Gasteiger partial charge in [0.1, 0.15) is 0 Å². The van der Waals surface area contributed by atoms with Crippen LogP contribution in [0.15, 0.2) is 72.9 Å². The van der Waals surface area contributed by atoms with Crippen LogP contribution in [0.2, 0.25) is 0 Å². The number of hydrogen-bond donors (Lipinski definition) is 0. The van der Waals surface area contributed by atoms with Gasteiger partial charge in [-0.25, -0.2) is 0 Å². The van der Waals surface area contributed by atoms with Crippen molar-refractivity contribution < 1.29 is 0 Å². The number of rotatable bonds is 2. The lowest BCUT2D eigenvalue weighted by atomic mass is 9.87. The van der Waals surface area contributed by atoms with E-state index < -0.39 is 0 Å². The van der Waals surface area contributed by atoms with Gasteiger partial charge in [-0.3, -0.25) is 4.98 Å². The molecule has 7 aromatic rings. The average Bonchev–Trinajstić information content (AvgIpc) is 3.17. The monoisotopic (exact) mass is 454 g/mol. The Balaban J connectivity index is 1.72. The summed E-state index contributed by atoms with van der Waals surface area (Å²) in [6.45, 7) is 11.5. The Morgan fingerprint density at radius 2 is 1.57 bits per heavy atom. The number of fused-ring (bicyclic) bond motifs is 7.